The molecule has 0 radical (unpaired) electrons. The van der Waals surface area contributed by atoms with E-state index < -0.39 is 10.0 Å². The quantitative estimate of drug-likeness (QED) is 0.449. The number of piperazine rings is 1. The summed E-state index contributed by atoms with van der Waals surface area (Å²) in [5, 5.41) is 8.57. The number of nitrogens with zero attached hydrogens (tertiary/aromatic N) is 7. The maximum atomic E-state index is 13.3. The van der Waals surface area contributed by atoms with Gasteiger partial charge in [0, 0.05) is 26.2 Å². The molecule has 2 aromatic carbocycles. The predicted octanol–water partition coefficient (Wildman–Crippen LogP) is 2.51. The third kappa shape index (κ3) is 3.57. The zero-order valence-corrected chi connectivity index (χ0v) is 18.2. The second kappa shape index (κ2) is 8.08. The lowest BCUT2D eigenvalue weighted by Crippen LogP contribution is -2.49. The largest absolute Gasteiger partial charge is 0.352 e. The van der Waals surface area contributed by atoms with E-state index in [2.05, 4.69) is 20.3 Å². The van der Waals surface area contributed by atoms with Crippen LogP contribution in [0.25, 0.3) is 16.9 Å². The Morgan fingerprint density at radius 1 is 0.938 bits per heavy atom. The highest BCUT2D eigenvalue weighted by molar-refractivity contribution is 7.89. The van der Waals surface area contributed by atoms with Gasteiger partial charge in [-0.2, -0.15) is 8.99 Å². The first-order valence-corrected chi connectivity index (χ1v) is 11.6. The van der Waals surface area contributed by atoms with Crippen LogP contribution in [0.5, 0.6) is 0 Å². The van der Waals surface area contributed by atoms with Gasteiger partial charge in [-0.3, -0.25) is 0 Å². The maximum Gasteiger partial charge on any atom is 0.244 e. The summed E-state index contributed by atoms with van der Waals surface area (Å²) < 4.78 is 42.2. The van der Waals surface area contributed by atoms with Crippen LogP contribution in [0, 0.1) is 5.82 Å². The number of rotatable bonds is 4. The summed E-state index contributed by atoms with van der Waals surface area (Å²) in [6, 6.07) is 12.3. The number of fused-ring (bicyclic) bond motifs is 1. The maximum absolute atomic E-state index is 13.3. The SMILES string of the molecule is O=S(=O)(c1ccccc1Cl)N1CCN(c2ncnc3c2nnn3-c2ccc(F)cc2)CC1. The van der Waals surface area contributed by atoms with Crippen LogP contribution >= 0.6 is 11.6 Å². The van der Waals surface area contributed by atoms with Crippen LogP contribution in [0.15, 0.2) is 59.8 Å². The van der Waals surface area contributed by atoms with Crippen molar-refractivity contribution in [3.63, 3.8) is 0 Å². The van der Waals surface area contributed by atoms with E-state index in [1.54, 1.807) is 30.3 Å². The Hall–Kier alpha value is -3.15. The molecule has 3 heterocycles. The molecule has 32 heavy (non-hydrogen) atoms. The first-order valence-electron chi connectivity index (χ1n) is 9.77. The van der Waals surface area contributed by atoms with Crippen molar-refractivity contribution in [2.24, 2.45) is 0 Å². The van der Waals surface area contributed by atoms with Gasteiger partial charge in [0.15, 0.2) is 17.0 Å². The van der Waals surface area contributed by atoms with Gasteiger partial charge in [0.1, 0.15) is 17.0 Å². The van der Waals surface area contributed by atoms with Crippen molar-refractivity contribution >= 4 is 38.6 Å². The van der Waals surface area contributed by atoms with Crippen LogP contribution in [0.4, 0.5) is 10.2 Å². The Balaban J connectivity index is 1.40. The van der Waals surface area contributed by atoms with E-state index >= 15 is 0 Å². The molecule has 0 N–H and O–H groups in total. The van der Waals surface area contributed by atoms with Crippen molar-refractivity contribution in [2.45, 2.75) is 4.90 Å². The normalized spacial score (nSPS) is 15.4. The van der Waals surface area contributed by atoms with Crippen LogP contribution in [-0.4, -0.2) is 63.9 Å². The molecule has 4 aromatic rings. The topological polar surface area (TPSA) is 97.1 Å². The second-order valence-electron chi connectivity index (χ2n) is 7.17. The predicted molar refractivity (Wildman–Crippen MR) is 117 cm³/mol. The zero-order chi connectivity index (χ0) is 22.3. The van der Waals surface area contributed by atoms with Crippen molar-refractivity contribution in [1.82, 2.24) is 29.3 Å². The lowest BCUT2D eigenvalue weighted by atomic mass is 10.3. The summed E-state index contributed by atoms with van der Waals surface area (Å²) in [6.45, 7) is 1.37. The van der Waals surface area contributed by atoms with E-state index in [4.69, 9.17) is 11.6 Å². The summed E-state index contributed by atoms with van der Waals surface area (Å²) in [6.07, 6.45) is 1.41. The molecule has 0 aliphatic carbocycles. The van der Waals surface area contributed by atoms with Crippen molar-refractivity contribution in [3.05, 3.63) is 65.7 Å². The van der Waals surface area contributed by atoms with Gasteiger partial charge in [0.25, 0.3) is 0 Å². The van der Waals surface area contributed by atoms with Crippen molar-refractivity contribution in [1.29, 1.82) is 0 Å². The molecule has 1 aliphatic rings. The lowest BCUT2D eigenvalue weighted by Gasteiger charge is -2.34. The van der Waals surface area contributed by atoms with Gasteiger partial charge in [-0.25, -0.2) is 22.8 Å². The first kappa shape index (κ1) is 20.7. The van der Waals surface area contributed by atoms with Crippen molar-refractivity contribution in [2.75, 3.05) is 31.1 Å². The number of hydrogen-bond acceptors (Lipinski definition) is 7. The Kier molecular flexibility index (Phi) is 5.24. The fraction of sp³-hybridized carbons (Fsp3) is 0.200. The molecule has 1 fully saturated rings. The van der Waals surface area contributed by atoms with Gasteiger partial charge in [-0.15, -0.1) is 5.10 Å². The van der Waals surface area contributed by atoms with E-state index in [0.29, 0.717) is 35.8 Å². The standard InChI is InChI=1S/C20H17ClFN7O2S/c21-16-3-1-2-4-17(16)32(30,31)28-11-9-27(10-12-28)19-18-20(24-13-23-19)29(26-25-18)15-7-5-14(22)6-8-15/h1-8,13H,9-12H2. The first-order chi connectivity index (χ1) is 15.4. The fourth-order valence-electron chi connectivity index (χ4n) is 3.66. The minimum absolute atomic E-state index is 0.0989. The summed E-state index contributed by atoms with van der Waals surface area (Å²) >= 11 is 6.11. The molecule has 0 amide bonds. The molecular weight excluding hydrogens is 457 g/mol. The average molecular weight is 474 g/mol. The third-order valence-electron chi connectivity index (χ3n) is 5.28. The average Bonchev–Trinajstić information content (AvgIpc) is 3.24. The van der Waals surface area contributed by atoms with Gasteiger partial charge < -0.3 is 4.90 Å². The van der Waals surface area contributed by atoms with E-state index in [0.717, 1.165) is 0 Å². The molecule has 12 heteroatoms. The second-order valence-corrected chi connectivity index (χ2v) is 9.48. The van der Waals surface area contributed by atoms with Crippen LogP contribution in [0.2, 0.25) is 5.02 Å². The van der Waals surface area contributed by atoms with Crippen molar-refractivity contribution < 1.29 is 12.8 Å². The van der Waals surface area contributed by atoms with E-state index in [9.17, 15) is 12.8 Å². The minimum Gasteiger partial charge on any atom is -0.352 e. The summed E-state index contributed by atoms with van der Waals surface area (Å²) in [5.41, 5.74) is 1.58. The molecule has 0 saturated carbocycles. The number of sulfonamides is 1. The van der Waals surface area contributed by atoms with E-state index in [-0.39, 0.29) is 28.8 Å². The molecule has 0 unspecified atom stereocenters. The molecular formula is C20H17ClFN7O2S. The van der Waals surface area contributed by atoms with Gasteiger partial charge >= 0.3 is 0 Å². The molecule has 0 bridgehead atoms. The van der Waals surface area contributed by atoms with Gasteiger partial charge in [-0.1, -0.05) is 28.9 Å². The van der Waals surface area contributed by atoms with E-state index in [1.165, 1.54) is 33.5 Å². The Morgan fingerprint density at radius 3 is 2.38 bits per heavy atom. The zero-order valence-electron chi connectivity index (χ0n) is 16.6. The van der Waals surface area contributed by atoms with Crippen LogP contribution in [0.3, 0.4) is 0 Å². The third-order valence-corrected chi connectivity index (χ3v) is 7.68. The summed E-state index contributed by atoms with van der Waals surface area (Å²) in [4.78, 5) is 10.7. The molecule has 164 valence electrons. The summed E-state index contributed by atoms with van der Waals surface area (Å²) in [5.74, 6) is 0.219. The molecule has 1 saturated heterocycles. The van der Waals surface area contributed by atoms with Crippen LogP contribution < -0.4 is 4.90 Å². The number of hydrogen-bond donors (Lipinski definition) is 0. The minimum atomic E-state index is -3.70. The number of halogens is 2. The molecule has 1 aliphatic heterocycles. The van der Waals surface area contributed by atoms with Gasteiger partial charge in [0.2, 0.25) is 10.0 Å². The highest BCUT2D eigenvalue weighted by Crippen LogP contribution is 2.27. The molecule has 5 rings (SSSR count). The van der Waals surface area contributed by atoms with E-state index in [1.807, 2.05) is 4.90 Å². The molecule has 2 aromatic heterocycles. The Bertz CT molecular complexity index is 1390. The van der Waals surface area contributed by atoms with Gasteiger partial charge in [-0.05, 0) is 36.4 Å². The summed E-state index contributed by atoms with van der Waals surface area (Å²) in [7, 11) is -3.70. The molecule has 9 nitrogen and oxygen atoms in total. The monoisotopic (exact) mass is 473 g/mol. The Morgan fingerprint density at radius 2 is 1.66 bits per heavy atom. The smallest absolute Gasteiger partial charge is 0.244 e. The fourth-order valence-corrected chi connectivity index (χ4v) is 5.57. The highest BCUT2D eigenvalue weighted by Gasteiger charge is 2.31. The lowest BCUT2D eigenvalue weighted by molar-refractivity contribution is 0.384. The number of anilines is 1. The van der Waals surface area contributed by atoms with Crippen LogP contribution in [0.1, 0.15) is 0 Å². The van der Waals surface area contributed by atoms with Gasteiger partial charge in [0.05, 0.1) is 10.7 Å². The van der Waals surface area contributed by atoms with Crippen LogP contribution in [-0.2, 0) is 10.0 Å². The molecule has 0 atom stereocenters. The Labute approximate surface area is 188 Å². The van der Waals surface area contributed by atoms with Crippen molar-refractivity contribution in [3.8, 4) is 5.69 Å². The molecule has 0 spiro atoms. The number of aromatic nitrogens is 5. The number of benzene rings is 2. The highest BCUT2D eigenvalue weighted by atomic mass is 35.5.